The van der Waals surface area contributed by atoms with E-state index < -0.39 is 23.6 Å². The molecule has 9 nitrogen and oxygen atoms in total. The second kappa shape index (κ2) is 10.3. The highest BCUT2D eigenvalue weighted by Crippen LogP contribution is 2.34. The maximum Gasteiger partial charge on any atom is 0.419 e. The third-order valence-electron chi connectivity index (χ3n) is 6.13. The molecule has 1 aliphatic rings. The van der Waals surface area contributed by atoms with Crippen molar-refractivity contribution in [2.24, 2.45) is 0 Å². The molecule has 13 heteroatoms. The number of nitrogens with two attached hydrogens (primary N) is 1. The first-order valence-electron chi connectivity index (χ1n) is 11.7. The minimum Gasteiger partial charge on any atom is -0.382 e. The number of amides is 2. The Bertz CT molecular complexity index is 1470. The van der Waals surface area contributed by atoms with Gasteiger partial charge >= 0.3 is 12.2 Å². The van der Waals surface area contributed by atoms with E-state index in [1.54, 1.807) is 28.8 Å². The molecule has 0 atom stereocenters. The maximum absolute atomic E-state index is 13.5. The first-order valence-corrected chi connectivity index (χ1v) is 11.7. The molecular formula is C25H23F4N7O2. The number of fused-ring (bicyclic) bond motifs is 1. The Morgan fingerprint density at radius 1 is 1.03 bits per heavy atom. The first-order chi connectivity index (χ1) is 18.2. The topological polar surface area (TPSA) is 110 Å². The van der Waals surface area contributed by atoms with Crippen LogP contribution in [0.25, 0.3) is 16.6 Å². The quantitative estimate of drug-likeness (QED) is 0.326. The fourth-order valence-electron chi connectivity index (χ4n) is 4.30. The Balaban J connectivity index is 1.33. The smallest absolute Gasteiger partial charge is 0.382 e. The highest BCUT2D eigenvalue weighted by molar-refractivity contribution is 6.00. The van der Waals surface area contributed by atoms with Gasteiger partial charge in [-0.3, -0.25) is 4.90 Å². The Hall–Kier alpha value is -4.23. The SMILES string of the molecule is Nc1ncnn2c(CN3CCOCC3)cc(-c3ccc(NC(=O)Nc4ccc(F)c(C(F)(F)F)c4)cc3)c12. The highest BCUT2D eigenvalue weighted by Gasteiger charge is 2.34. The second-order valence-electron chi connectivity index (χ2n) is 8.69. The van der Waals surface area contributed by atoms with Crippen LogP contribution in [-0.2, 0) is 17.5 Å². The normalized spacial score (nSPS) is 14.5. The number of morpholine rings is 1. The summed E-state index contributed by atoms with van der Waals surface area (Å²) in [6.07, 6.45) is -3.48. The number of anilines is 3. The van der Waals surface area contributed by atoms with Gasteiger partial charge in [-0.25, -0.2) is 18.7 Å². The zero-order chi connectivity index (χ0) is 26.9. The summed E-state index contributed by atoms with van der Waals surface area (Å²) < 4.78 is 59.5. The lowest BCUT2D eigenvalue weighted by atomic mass is 10.1. The molecule has 0 aliphatic carbocycles. The standard InChI is InChI=1S/C25H23F4N7O2/c26-21-6-5-17(11-20(21)25(27,28)29)34-24(37)33-16-3-1-15(2-4-16)19-12-18(13-35-7-9-38-10-8-35)36-22(19)23(30)31-14-32-36/h1-6,11-12,14H,7-10,13H2,(H2,30,31,32)(H2,33,34,37). The lowest BCUT2D eigenvalue weighted by molar-refractivity contribution is -0.139. The van der Waals surface area contributed by atoms with E-state index in [1.807, 2.05) is 6.07 Å². The van der Waals surface area contributed by atoms with Crippen LogP contribution in [0.4, 0.5) is 39.5 Å². The third-order valence-corrected chi connectivity index (χ3v) is 6.13. The van der Waals surface area contributed by atoms with Gasteiger partial charge in [0.05, 0.1) is 24.5 Å². The van der Waals surface area contributed by atoms with E-state index in [0.717, 1.165) is 36.0 Å². The minimum absolute atomic E-state index is 0.198. The van der Waals surface area contributed by atoms with E-state index in [4.69, 9.17) is 10.5 Å². The lowest BCUT2D eigenvalue weighted by Gasteiger charge is -2.26. The van der Waals surface area contributed by atoms with Crippen molar-refractivity contribution >= 4 is 28.7 Å². The Kier molecular flexibility index (Phi) is 6.87. The molecule has 3 heterocycles. The van der Waals surface area contributed by atoms with E-state index in [-0.39, 0.29) is 5.69 Å². The molecule has 2 amide bonds. The fraction of sp³-hybridized carbons (Fsp3) is 0.240. The van der Waals surface area contributed by atoms with Crippen molar-refractivity contribution in [2.45, 2.75) is 12.7 Å². The van der Waals surface area contributed by atoms with Gasteiger partial charge in [0.2, 0.25) is 0 Å². The molecule has 0 spiro atoms. The number of nitrogens with zero attached hydrogens (tertiary/aromatic N) is 4. The van der Waals surface area contributed by atoms with Gasteiger partial charge in [0, 0.05) is 36.6 Å². The van der Waals surface area contributed by atoms with Crippen LogP contribution in [0.3, 0.4) is 0 Å². The van der Waals surface area contributed by atoms with Gasteiger partial charge in [-0.15, -0.1) is 0 Å². The van der Waals surface area contributed by atoms with Crippen molar-refractivity contribution in [3.8, 4) is 11.1 Å². The number of benzene rings is 2. The van der Waals surface area contributed by atoms with Crippen LogP contribution in [-0.4, -0.2) is 51.8 Å². The number of halogens is 4. The molecule has 4 N–H and O–H groups in total. The number of aromatic nitrogens is 3. The van der Waals surface area contributed by atoms with E-state index in [0.29, 0.717) is 48.9 Å². The van der Waals surface area contributed by atoms with Crippen molar-refractivity contribution < 1.29 is 27.1 Å². The van der Waals surface area contributed by atoms with Crippen molar-refractivity contribution in [3.63, 3.8) is 0 Å². The van der Waals surface area contributed by atoms with Gasteiger partial charge in [0.25, 0.3) is 0 Å². The van der Waals surface area contributed by atoms with E-state index in [9.17, 15) is 22.4 Å². The molecule has 4 aromatic rings. The van der Waals surface area contributed by atoms with E-state index >= 15 is 0 Å². The van der Waals surface area contributed by atoms with Crippen molar-refractivity contribution in [2.75, 3.05) is 42.7 Å². The number of urea groups is 1. The molecular weight excluding hydrogens is 506 g/mol. The number of nitrogens with one attached hydrogen (secondary N) is 2. The monoisotopic (exact) mass is 529 g/mol. The molecule has 198 valence electrons. The van der Waals surface area contributed by atoms with Crippen LogP contribution in [0.5, 0.6) is 0 Å². The van der Waals surface area contributed by atoms with Crippen LogP contribution in [0.2, 0.25) is 0 Å². The van der Waals surface area contributed by atoms with E-state index in [2.05, 4.69) is 25.6 Å². The number of ether oxygens (including phenoxy) is 1. The van der Waals surface area contributed by atoms with Crippen LogP contribution in [0.1, 0.15) is 11.3 Å². The molecule has 2 aromatic carbocycles. The zero-order valence-electron chi connectivity index (χ0n) is 19.9. The highest BCUT2D eigenvalue weighted by atomic mass is 19.4. The maximum atomic E-state index is 13.5. The predicted molar refractivity (Wildman–Crippen MR) is 133 cm³/mol. The van der Waals surface area contributed by atoms with E-state index in [1.165, 1.54) is 6.33 Å². The van der Waals surface area contributed by atoms with Crippen molar-refractivity contribution in [1.29, 1.82) is 0 Å². The Labute approximate surface area is 214 Å². The molecule has 38 heavy (non-hydrogen) atoms. The number of nitrogen functional groups attached to an aromatic ring is 1. The van der Waals surface area contributed by atoms with Gasteiger partial charge in [0.1, 0.15) is 17.7 Å². The predicted octanol–water partition coefficient (Wildman–Crippen LogP) is 4.61. The molecule has 5 rings (SSSR count). The molecule has 1 aliphatic heterocycles. The summed E-state index contributed by atoms with van der Waals surface area (Å²) in [6.45, 7) is 3.60. The van der Waals surface area contributed by atoms with Crippen LogP contribution < -0.4 is 16.4 Å². The van der Waals surface area contributed by atoms with Crippen molar-refractivity contribution in [3.05, 3.63) is 71.9 Å². The average Bonchev–Trinajstić information content (AvgIpc) is 3.25. The summed E-state index contributed by atoms with van der Waals surface area (Å²) in [5.74, 6) is -1.10. The molecule has 0 radical (unpaired) electrons. The first kappa shape index (κ1) is 25.4. The summed E-state index contributed by atoms with van der Waals surface area (Å²) in [5, 5.41) is 9.22. The van der Waals surface area contributed by atoms with Crippen molar-refractivity contribution in [1.82, 2.24) is 19.5 Å². The van der Waals surface area contributed by atoms with Crippen LogP contribution in [0.15, 0.2) is 54.9 Å². The molecule has 0 bridgehead atoms. The molecule has 0 unspecified atom stereocenters. The average molecular weight is 529 g/mol. The number of hydrogen-bond donors (Lipinski definition) is 3. The summed E-state index contributed by atoms with van der Waals surface area (Å²) >= 11 is 0. The molecule has 2 aromatic heterocycles. The largest absolute Gasteiger partial charge is 0.419 e. The Morgan fingerprint density at radius 2 is 1.71 bits per heavy atom. The fourth-order valence-corrected chi connectivity index (χ4v) is 4.30. The summed E-state index contributed by atoms with van der Waals surface area (Å²) in [6, 6.07) is 10.3. The van der Waals surface area contributed by atoms with Gasteiger partial charge in [0.15, 0.2) is 5.82 Å². The minimum atomic E-state index is -4.88. The van der Waals surface area contributed by atoms with Gasteiger partial charge in [-0.2, -0.15) is 18.3 Å². The molecule has 0 saturated carbocycles. The van der Waals surface area contributed by atoms with Gasteiger partial charge in [-0.05, 0) is 42.0 Å². The van der Waals surface area contributed by atoms with Crippen LogP contribution >= 0.6 is 0 Å². The second-order valence-corrected chi connectivity index (χ2v) is 8.69. The lowest BCUT2D eigenvalue weighted by Crippen LogP contribution is -2.36. The summed E-state index contributed by atoms with van der Waals surface area (Å²) in [4.78, 5) is 18.7. The Morgan fingerprint density at radius 3 is 2.42 bits per heavy atom. The number of carbonyl (C=O) groups is 1. The van der Waals surface area contributed by atoms with Gasteiger partial charge < -0.3 is 21.1 Å². The molecule has 1 saturated heterocycles. The summed E-state index contributed by atoms with van der Waals surface area (Å²) in [7, 11) is 0. The zero-order valence-corrected chi connectivity index (χ0v) is 19.9. The third kappa shape index (κ3) is 5.38. The molecule has 1 fully saturated rings. The summed E-state index contributed by atoms with van der Waals surface area (Å²) in [5.41, 5.74) is 8.14. The number of rotatable bonds is 5. The number of hydrogen-bond acceptors (Lipinski definition) is 6. The van der Waals surface area contributed by atoms with Gasteiger partial charge in [-0.1, -0.05) is 12.1 Å². The van der Waals surface area contributed by atoms with Crippen LogP contribution in [0, 0.1) is 5.82 Å². The number of alkyl halides is 3. The number of carbonyl (C=O) groups excluding carboxylic acids is 1.